The Hall–Kier alpha value is -2.00. The van der Waals surface area contributed by atoms with Gasteiger partial charge < -0.3 is 9.64 Å². The number of carbonyl (C=O) groups excluding carboxylic acids is 1. The van der Waals surface area contributed by atoms with E-state index < -0.39 is 0 Å². The van der Waals surface area contributed by atoms with Crippen molar-refractivity contribution in [2.45, 2.75) is 32.1 Å². The minimum absolute atomic E-state index is 0.0859. The van der Waals surface area contributed by atoms with Gasteiger partial charge >= 0.3 is 0 Å². The second-order valence-corrected chi connectivity index (χ2v) is 6.49. The van der Waals surface area contributed by atoms with Gasteiger partial charge in [0.2, 0.25) is 0 Å². The third-order valence-electron chi connectivity index (χ3n) is 4.11. The summed E-state index contributed by atoms with van der Waals surface area (Å²) in [4.78, 5) is 14.5. The van der Waals surface area contributed by atoms with Crippen LogP contribution in [0.15, 0.2) is 48.5 Å². The molecule has 2 rings (SSSR count). The quantitative estimate of drug-likeness (QED) is 0.599. The van der Waals surface area contributed by atoms with Crippen molar-refractivity contribution in [1.82, 2.24) is 4.90 Å². The van der Waals surface area contributed by atoms with Crippen LogP contribution in [0.25, 0.3) is 0 Å². The van der Waals surface area contributed by atoms with E-state index in [1.165, 1.54) is 0 Å². The van der Waals surface area contributed by atoms with E-state index in [-0.39, 0.29) is 11.3 Å². The first-order chi connectivity index (χ1) is 12.1. The SMILES string of the molecule is CCCN(CCC)C(=O)c1ccc(C(Cl)c2cccc(OC)c2)cc1. The Morgan fingerprint density at radius 2 is 1.68 bits per heavy atom. The van der Waals surface area contributed by atoms with Crippen molar-refractivity contribution in [3.05, 3.63) is 65.2 Å². The minimum Gasteiger partial charge on any atom is -0.497 e. The van der Waals surface area contributed by atoms with Crippen LogP contribution < -0.4 is 4.74 Å². The van der Waals surface area contributed by atoms with Crippen LogP contribution in [0.5, 0.6) is 5.75 Å². The number of benzene rings is 2. The van der Waals surface area contributed by atoms with E-state index in [4.69, 9.17) is 16.3 Å². The predicted molar refractivity (Wildman–Crippen MR) is 104 cm³/mol. The van der Waals surface area contributed by atoms with Gasteiger partial charge in [-0.05, 0) is 48.2 Å². The van der Waals surface area contributed by atoms with Gasteiger partial charge in [0.15, 0.2) is 0 Å². The topological polar surface area (TPSA) is 29.5 Å². The van der Waals surface area contributed by atoms with E-state index in [9.17, 15) is 4.79 Å². The molecule has 0 saturated carbocycles. The molecule has 25 heavy (non-hydrogen) atoms. The number of methoxy groups -OCH3 is 1. The minimum atomic E-state index is -0.276. The van der Waals surface area contributed by atoms with Crippen LogP contribution in [-0.2, 0) is 0 Å². The number of halogens is 1. The van der Waals surface area contributed by atoms with Gasteiger partial charge in [-0.25, -0.2) is 0 Å². The van der Waals surface area contributed by atoms with Gasteiger partial charge in [0.05, 0.1) is 12.5 Å². The van der Waals surface area contributed by atoms with E-state index in [1.54, 1.807) is 7.11 Å². The second kappa shape index (κ2) is 9.47. The number of amides is 1. The molecular weight excluding hydrogens is 334 g/mol. The molecule has 0 spiro atoms. The largest absolute Gasteiger partial charge is 0.497 e. The van der Waals surface area contributed by atoms with Crippen molar-refractivity contribution in [3.63, 3.8) is 0 Å². The van der Waals surface area contributed by atoms with Crippen molar-refractivity contribution < 1.29 is 9.53 Å². The number of hydrogen-bond acceptors (Lipinski definition) is 2. The molecule has 0 aromatic heterocycles. The highest BCUT2D eigenvalue weighted by Crippen LogP contribution is 2.31. The number of ether oxygens (including phenoxy) is 1. The first-order valence-corrected chi connectivity index (χ1v) is 9.21. The molecule has 0 N–H and O–H groups in total. The van der Waals surface area contributed by atoms with Crippen molar-refractivity contribution in [2.75, 3.05) is 20.2 Å². The summed E-state index contributed by atoms with van der Waals surface area (Å²) >= 11 is 6.60. The highest BCUT2D eigenvalue weighted by molar-refractivity contribution is 6.22. The van der Waals surface area contributed by atoms with Gasteiger partial charge in [-0.1, -0.05) is 38.1 Å². The predicted octanol–water partition coefficient (Wildman–Crippen LogP) is 5.29. The molecule has 1 atom stereocenters. The fourth-order valence-electron chi connectivity index (χ4n) is 2.82. The fraction of sp³-hybridized carbons (Fsp3) is 0.381. The molecule has 4 heteroatoms. The zero-order chi connectivity index (χ0) is 18.2. The Labute approximate surface area is 155 Å². The van der Waals surface area contributed by atoms with Crippen LogP contribution in [0.4, 0.5) is 0 Å². The highest BCUT2D eigenvalue weighted by Gasteiger charge is 2.16. The molecule has 0 fully saturated rings. The summed E-state index contributed by atoms with van der Waals surface area (Å²) in [5.74, 6) is 0.868. The normalized spacial score (nSPS) is 11.8. The highest BCUT2D eigenvalue weighted by atomic mass is 35.5. The molecular formula is C21H26ClNO2. The molecule has 0 radical (unpaired) electrons. The first-order valence-electron chi connectivity index (χ1n) is 8.78. The molecule has 1 amide bonds. The summed E-state index contributed by atoms with van der Waals surface area (Å²) < 4.78 is 5.25. The van der Waals surface area contributed by atoms with Crippen LogP contribution in [0.3, 0.4) is 0 Å². The molecule has 0 aliphatic carbocycles. The molecule has 2 aromatic rings. The van der Waals surface area contributed by atoms with Crippen LogP contribution in [-0.4, -0.2) is 31.0 Å². The van der Waals surface area contributed by atoms with Gasteiger partial charge in [0, 0.05) is 18.7 Å². The van der Waals surface area contributed by atoms with Crippen molar-refractivity contribution in [2.24, 2.45) is 0 Å². The Morgan fingerprint density at radius 1 is 1.04 bits per heavy atom. The molecule has 3 nitrogen and oxygen atoms in total. The molecule has 2 aromatic carbocycles. The molecule has 134 valence electrons. The summed E-state index contributed by atoms with van der Waals surface area (Å²) in [5.41, 5.74) is 2.64. The number of nitrogens with zero attached hydrogens (tertiary/aromatic N) is 1. The number of alkyl halides is 1. The van der Waals surface area contributed by atoms with E-state index in [1.807, 2.05) is 53.4 Å². The molecule has 0 bridgehead atoms. The lowest BCUT2D eigenvalue weighted by atomic mass is 10.0. The summed E-state index contributed by atoms with van der Waals surface area (Å²) in [6, 6.07) is 15.3. The summed E-state index contributed by atoms with van der Waals surface area (Å²) in [6.07, 6.45) is 1.92. The Bertz CT molecular complexity index is 679. The van der Waals surface area contributed by atoms with Crippen LogP contribution in [0.1, 0.15) is 53.6 Å². The fourth-order valence-corrected chi connectivity index (χ4v) is 3.10. The van der Waals surface area contributed by atoms with Gasteiger partial charge in [0.1, 0.15) is 5.75 Å². The third kappa shape index (κ3) is 4.99. The Morgan fingerprint density at radius 3 is 2.24 bits per heavy atom. The van der Waals surface area contributed by atoms with Crippen LogP contribution in [0.2, 0.25) is 0 Å². The average Bonchev–Trinajstić information content (AvgIpc) is 2.67. The van der Waals surface area contributed by atoms with Crippen LogP contribution >= 0.6 is 11.6 Å². The maximum atomic E-state index is 12.6. The van der Waals surface area contributed by atoms with Crippen LogP contribution in [0, 0.1) is 0 Å². The number of carbonyl (C=O) groups is 1. The lowest BCUT2D eigenvalue weighted by molar-refractivity contribution is 0.0755. The Kier molecular flexibility index (Phi) is 7.32. The van der Waals surface area contributed by atoms with Gasteiger partial charge in [0.25, 0.3) is 5.91 Å². The summed E-state index contributed by atoms with van der Waals surface area (Å²) in [6.45, 7) is 5.75. The van der Waals surface area contributed by atoms with Gasteiger partial charge in [-0.15, -0.1) is 11.6 Å². The van der Waals surface area contributed by atoms with E-state index in [0.29, 0.717) is 5.56 Å². The molecule has 0 aliphatic rings. The van der Waals surface area contributed by atoms with Crippen molar-refractivity contribution in [3.8, 4) is 5.75 Å². The monoisotopic (exact) mass is 359 g/mol. The number of rotatable bonds is 8. The van der Waals surface area contributed by atoms with Crippen molar-refractivity contribution >= 4 is 17.5 Å². The zero-order valence-corrected chi connectivity index (χ0v) is 15.9. The molecule has 0 heterocycles. The van der Waals surface area contributed by atoms with Gasteiger partial charge in [-0.2, -0.15) is 0 Å². The summed E-state index contributed by atoms with van der Waals surface area (Å²) in [5, 5.41) is -0.276. The van der Waals surface area contributed by atoms with E-state index >= 15 is 0 Å². The second-order valence-electron chi connectivity index (χ2n) is 6.05. The van der Waals surface area contributed by atoms with E-state index in [2.05, 4.69) is 13.8 Å². The molecule has 0 saturated heterocycles. The molecule has 1 unspecified atom stereocenters. The maximum Gasteiger partial charge on any atom is 0.253 e. The summed E-state index contributed by atoms with van der Waals surface area (Å²) in [7, 11) is 1.64. The molecule has 0 aliphatic heterocycles. The Balaban J connectivity index is 2.16. The maximum absolute atomic E-state index is 12.6. The number of hydrogen-bond donors (Lipinski definition) is 0. The average molecular weight is 360 g/mol. The smallest absolute Gasteiger partial charge is 0.253 e. The van der Waals surface area contributed by atoms with Gasteiger partial charge in [-0.3, -0.25) is 4.79 Å². The van der Waals surface area contributed by atoms with E-state index in [0.717, 1.165) is 42.8 Å². The zero-order valence-electron chi connectivity index (χ0n) is 15.2. The van der Waals surface area contributed by atoms with Crippen molar-refractivity contribution in [1.29, 1.82) is 0 Å². The third-order valence-corrected chi connectivity index (χ3v) is 4.61. The standard InChI is InChI=1S/C21H26ClNO2/c1-4-13-23(14-5-2)21(24)17-11-9-16(10-12-17)20(22)18-7-6-8-19(15-18)25-3/h6-12,15,20H,4-5,13-14H2,1-3H3. The first kappa shape index (κ1) is 19.3. The lowest BCUT2D eigenvalue weighted by Gasteiger charge is -2.21. The lowest BCUT2D eigenvalue weighted by Crippen LogP contribution is -2.32.